The fourth-order valence-electron chi connectivity index (χ4n) is 4.99. The number of fused-ring (bicyclic) bond motifs is 4. The molecule has 0 spiro atoms. The van der Waals surface area contributed by atoms with E-state index in [1.165, 1.54) is 39.8 Å². The topological polar surface area (TPSA) is 36.9 Å². The third kappa shape index (κ3) is 11.3. The molecule has 4 heterocycles. The summed E-state index contributed by atoms with van der Waals surface area (Å²) in [6.45, 7) is 4.26. The van der Waals surface area contributed by atoms with Crippen molar-refractivity contribution in [2.24, 2.45) is 0 Å². The highest BCUT2D eigenvalue weighted by Crippen LogP contribution is 2.23. The van der Waals surface area contributed by atoms with E-state index in [1.54, 1.807) is 6.26 Å². The number of allylic oxidation sites excluding steroid dienone is 1. The molecule has 4 aliphatic heterocycles. The first-order valence-electron chi connectivity index (χ1n) is 14.3. The summed E-state index contributed by atoms with van der Waals surface area (Å²) in [6, 6.07) is 33.3. The molecule has 238 valence electrons. The molecule has 0 saturated heterocycles. The van der Waals surface area contributed by atoms with Gasteiger partial charge in [-0.3, -0.25) is 0 Å². The quantitative estimate of drug-likeness (QED) is 0.202. The number of aryl methyl sites for hydroxylation is 1. The van der Waals surface area contributed by atoms with Gasteiger partial charge in [0.15, 0.2) is 0 Å². The van der Waals surface area contributed by atoms with Gasteiger partial charge in [0, 0.05) is 0 Å². The lowest BCUT2D eigenvalue weighted by Gasteiger charge is -2.15. The van der Waals surface area contributed by atoms with Crippen LogP contribution in [0.3, 0.4) is 0 Å². The first-order chi connectivity index (χ1) is 19.9. The molecule has 8 rings (SSSR count). The van der Waals surface area contributed by atoms with Crippen LogP contribution in [0.15, 0.2) is 109 Å². The van der Waals surface area contributed by atoms with Crippen molar-refractivity contribution in [3.05, 3.63) is 143 Å². The number of ether oxygens (including phenoxy) is 4. The number of rotatable bonds is 0. The van der Waals surface area contributed by atoms with E-state index < -0.39 is 0 Å². The summed E-state index contributed by atoms with van der Waals surface area (Å²) in [5.41, 5.74) is 8.24. The Morgan fingerprint density at radius 3 is 1.43 bits per heavy atom. The predicted octanol–water partition coefficient (Wildman–Crippen LogP) is 10.2. The van der Waals surface area contributed by atoms with E-state index >= 15 is 0 Å². The van der Waals surface area contributed by atoms with Crippen LogP contribution >= 0.6 is 0 Å². The molecular weight excluding hydrogens is 544 g/mol. The Morgan fingerprint density at radius 2 is 0.909 bits per heavy atom. The van der Waals surface area contributed by atoms with Gasteiger partial charge in [0.25, 0.3) is 0 Å². The second-order valence-electron chi connectivity index (χ2n) is 10.0. The third-order valence-electron chi connectivity index (χ3n) is 7.21. The number of hydrogen-bond donors (Lipinski definition) is 0. The van der Waals surface area contributed by atoms with Crippen molar-refractivity contribution in [2.45, 2.75) is 75.0 Å². The highest BCUT2D eigenvalue weighted by atomic mass is 16.5. The maximum absolute atomic E-state index is 5.42. The van der Waals surface area contributed by atoms with Gasteiger partial charge in [-0.1, -0.05) is 115 Å². The minimum atomic E-state index is 0. The van der Waals surface area contributed by atoms with Crippen molar-refractivity contribution in [1.29, 1.82) is 0 Å². The number of para-hydroxylation sites is 2. The molecule has 44 heavy (non-hydrogen) atoms. The van der Waals surface area contributed by atoms with Crippen molar-refractivity contribution in [3.63, 3.8) is 0 Å². The fourth-order valence-corrected chi connectivity index (χ4v) is 4.99. The molecule has 0 atom stereocenters. The van der Waals surface area contributed by atoms with Gasteiger partial charge in [-0.2, -0.15) is 0 Å². The van der Waals surface area contributed by atoms with E-state index in [9.17, 15) is 0 Å². The maximum atomic E-state index is 5.42. The zero-order chi connectivity index (χ0) is 27.2. The zero-order valence-electron chi connectivity index (χ0n) is 23.1. The van der Waals surface area contributed by atoms with E-state index in [1.807, 2.05) is 36.4 Å². The van der Waals surface area contributed by atoms with E-state index in [0.717, 1.165) is 70.2 Å². The lowest BCUT2D eigenvalue weighted by atomic mass is 10.0. The van der Waals surface area contributed by atoms with Crippen molar-refractivity contribution >= 4 is 0 Å². The van der Waals surface area contributed by atoms with Gasteiger partial charge in [-0.25, -0.2) is 0 Å². The largest absolute Gasteiger partial charge is 0.493 e. The van der Waals surface area contributed by atoms with Gasteiger partial charge in [0.1, 0.15) is 11.5 Å². The van der Waals surface area contributed by atoms with Crippen molar-refractivity contribution in [1.82, 2.24) is 0 Å². The second-order valence-corrected chi connectivity index (χ2v) is 10.0. The minimum absolute atomic E-state index is 0. The van der Waals surface area contributed by atoms with Crippen LogP contribution in [0.4, 0.5) is 0 Å². The van der Waals surface area contributed by atoms with Crippen molar-refractivity contribution < 1.29 is 18.9 Å². The summed E-state index contributed by atoms with van der Waals surface area (Å²) in [6.07, 6.45) is 9.25. The summed E-state index contributed by atoms with van der Waals surface area (Å²) in [5.74, 6) is 2.07. The highest BCUT2D eigenvalue weighted by molar-refractivity contribution is 5.37. The predicted molar refractivity (Wildman–Crippen MR) is 187 cm³/mol. The normalized spacial score (nSPS) is 14.2. The number of benzene rings is 4. The van der Waals surface area contributed by atoms with Gasteiger partial charge in [-0.15, -0.1) is 0 Å². The van der Waals surface area contributed by atoms with E-state index in [4.69, 9.17) is 18.9 Å². The van der Waals surface area contributed by atoms with Crippen LogP contribution in [0.5, 0.6) is 11.5 Å². The van der Waals surface area contributed by atoms with Crippen LogP contribution in [0, 0.1) is 0 Å². The molecule has 0 unspecified atom stereocenters. The SMILES string of the molecule is C.C.C.C.C1=COc2ccccc2C1.c1ccc2c(c1)CCCO2.c1ccc2c(c1)CCOC2.c1ccc2c(c1)CCOC2. The molecule has 0 N–H and O–H groups in total. The van der Waals surface area contributed by atoms with E-state index in [2.05, 4.69) is 66.7 Å². The average Bonchev–Trinajstić information content (AvgIpc) is 3.06. The molecule has 0 aliphatic carbocycles. The standard InChI is InChI=1S/C9H10O.C9H8O.2C9H10O.4CH4/c2*1-2-6-9-8(4-1)5-3-7-10-9;2*1-2-4-9-7-10-6-5-8(9)3-1;;;;/h1-2,4,6H,3,5,7H2;1-4,6-7H,5H2;2*1-4H,5-7H2;4*1H4. The van der Waals surface area contributed by atoms with Crippen LogP contribution in [0.2, 0.25) is 0 Å². The molecule has 0 radical (unpaired) electrons. The fraction of sp³-hybridized carbons (Fsp3) is 0.350. The Hall–Kier alpha value is -3.86. The Kier molecular flexibility index (Phi) is 18.2. The van der Waals surface area contributed by atoms with Crippen LogP contribution in [-0.4, -0.2) is 19.8 Å². The van der Waals surface area contributed by atoms with Gasteiger partial charge in [-0.05, 0) is 83.7 Å². The van der Waals surface area contributed by atoms with E-state index in [-0.39, 0.29) is 29.7 Å². The Balaban J connectivity index is 0.000000285. The molecule has 4 aromatic rings. The summed E-state index contributed by atoms with van der Waals surface area (Å²) in [4.78, 5) is 0. The van der Waals surface area contributed by atoms with Crippen LogP contribution in [0.25, 0.3) is 0 Å². The monoisotopic (exact) mass is 598 g/mol. The third-order valence-corrected chi connectivity index (χ3v) is 7.21. The second kappa shape index (κ2) is 20.9. The van der Waals surface area contributed by atoms with E-state index in [0.29, 0.717) is 0 Å². The van der Waals surface area contributed by atoms with Gasteiger partial charge >= 0.3 is 0 Å². The lowest BCUT2D eigenvalue weighted by Crippen LogP contribution is -2.08. The summed E-state index contributed by atoms with van der Waals surface area (Å²) in [5, 5.41) is 0. The summed E-state index contributed by atoms with van der Waals surface area (Å²) >= 11 is 0. The molecule has 4 aromatic carbocycles. The molecule has 0 fully saturated rings. The Labute approximate surface area is 267 Å². The van der Waals surface area contributed by atoms with Gasteiger partial charge in [0.2, 0.25) is 0 Å². The summed E-state index contributed by atoms with van der Waals surface area (Å²) in [7, 11) is 0. The zero-order valence-corrected chi connectivity index (χ0v) is 23.1. The first-order valence-corrected chi connectivity index (χ1v) is 14.3. The average molecular weight is 599 g/mol. The van der Waals surface area contributed by atoms with Gasteiger partial charge < -0.3 is 18.9 Å². The molecule has 4 nitrogen and oxygen atoms in total. The first kappa shape index (κ1) is 38.2. The summed E-state index contributed by atoms with van der Waals surface area (Å²) < 4.78 is 21.3. The molecular formula is C40H54O4. The van der Waals surface area contributed by atoms with Crippen LogP contribution in [-0.2, 0) is 48.4 Å². The minimum Gasteiger partial charge on any atom is -0.493 e. The molecule has 0 saturated carbocycles. The smallest absolute Gasteiger partial charge is 0.130 e. The van der Waals surface area contributed by atoms with Crippen molar-refractivity contribution in [2.75, 3.05) is 19.8 Å². The Bertz CT molecular complexity index is 1150. The van der Waals surface area contributed by atoms with Crippen LogP contribution in [0.1, 0.15) is 69.5 Å². The molecule has 0 bridgehead atoms. The molecule has 4 heteroatoms. The maximum Gasteiger partial charge on any atom is 0.130 e. The lowest BCUT2D eigenvalue weighted by molar-refractivity contribution is 0.110. The molecule has 4 aliphatic rings. The van der Waals surface area contributed by atoms with Gasteiger partial charge in [0.05, 0.1) is 39.3 Å². The van der Waals surface area contributed by atoms with Crippen molar-refractivity contribution in [3.8, 4) is 11.5 Å². The molecule has 0 aromatic heterocycles. The Morgan fingerprint density at radius 1 is 0.432 bits per heavy atom. The van der Waals surface area contributed by atoms with Crippen LogP contribution < -0.4 is 9.47 Å². The number of hydrogen-bond acceptors (Lipinski definition) is 4. The molecule has 0 amide bonds. The highest BCUT2D eigenvalue weighted by Gasteiger charge is 2.08.